The third-order valence-corrected chi connectivity index (χ3v) is 4.35. The summed E-state index contributed by atoms with van der Waals surface area (Å²) in [5, 5.41) is 10.7. The van der Waals surface area contributed by atoms with Crippen molar-refractivity contribution in [2.24, 2.45) is 4.99 Å². The fourth-order valence-corrected chi connectivity index (χ4v) is 2.87. The molecule has 9 heteroatoms. The van der Waals surface area contributed by atoms with E-state index < -0.39 is 0 Å². The van der Waals surface area contributed by atoms with Crippen molar-refractivity contribution in [1.82, 2.24) is 25.7 Å². The number of nitrogens with one attached hydrogen (secondary N) is 2. The number of aliphatic imine (C=N–C) groups is 1. The van der Waals surface area contributed by atoms with Gasteiger partial charge in [0.25, 0.3) is 0 Å². The number of aryl methyl sites for hydroxylation is 1. The highest BCUT2D eigenvalue weighted by Crippen LogP contribution is 2.11. The summed E-state index contributed by atoms with van der Waals surface area (Å²) in [5.41, 5.74) is 0. The zero-order chi connectivity index (χ0) is 18.9. The van der Waals surface area contributed by atoms with Crippen LogP contribution in [0.1, 0.15) is 64.6 Å². The molecule has 1 amide bonds. The van der Waals surface area contributed by atoms with Gasteiger partial charge in [0.1, 0.15) is 0 Å². The minimum atomic E-state index is 0. The monoisotopic (exact) mass is 492 g/mol. The molecular weight excluding hydrogens is 459 g/mol. The topological polar surface area (TPSA) is 95.7 Å². The lowest BCUT2D eigenvalue weighted by atomic mass is 10.2. The standard InChI is InChI=1S/C18H32N6O2.HI/c1-5-16(25)24-11-9-14(12-24)21-18(19-6-2)20-10-7-8-15-22-17(13(3)4)23-26-15;/h13-14H,5-12H2,1-4H3,(H2,19,20,21);1H. The first-order chi connectivity index (χ1) is 12.5. The van der Waals surface area contributed by atoms with Gasteiger partial charge >= 0.3 is 0 Å². The highest BCUT2D eigenvalue weighted by atomic mass is 127. The van der Waals surface area contributed by atoms with Crippen molar-refractivity contribution < 1.29 is 9.32 Å². The minimum absolute atomic E-state index is 0. The number of carbonyl (C=O) groups is 1. The van der Waals surface area contributed by atoms with Gasteiger partial charge in [-0.1, -0.05) is 25.9 Å². The van der Waals surface area contributed by atoms with E-state index in [9.17, 15) is 4.79 Å². The molecule has 1 aromatic rings. The molecule has 0 radical (unpaired) electrons. The van der Waals surface area contributed by atoms with Gasteiger partial charge < -0.3 is 20.1 Å². The fourth-order valence-electron chi connectivity index (χ4n) is 2.87. The number of hydrogen-bond acceptors (Lipinski definition) is 5. The molecule has 1 aliphatic rings. The highest BCUT2D eigenvalue weighted by Gasteiger charge is 2.25. The summed E-state index contributed by atoms with van der Waals surface area (Å²) in [7, 11) is 0. The molecule has 1 saturated heterocycles. The molecule has 8 nitrogen and oxygen atoms in total. The van der Waals surface area contributed by atoms with E-state index in [1.807, 2.05) is 32.6 Å². The summed E-state index contributed by atoms with van der Waals surface area (Å²) in [6.07, 6.45) is 3.09. The van der Waals surface area contributed by atoms with Crippen molar-refractivity contribution in [2.45, 2.75) is 65.3 Å². The van der Waals surface area contributed by atoms with Gasteiger partial charge in [0.05, 0.1) is 0 Å². The molecule has 2 rings (SSSR count). The Morgan fingerprint density at radius 2 is 2.19 bits per heavy atom. The molecule has 1 atom stereocenters. The van der Waals surface area contributed by atoms with Gasteiger partial charge in [-0.25, -0.2) is 0 Å². The second kappa shape index (κ2) is 12.1. The molecule has 0 aromatic carbocycles. The van der Waals surface area contributed by atoms with Crippen LogP contribution >= 0.6 is 24.0 Å². The van der Waals surface area contributed by atoms with E-state index in [-0.39, 0.29) is 41.8 Å². The molecule has 1 unspecified atom stereocenters. The van der Waals surface area contributed by atoms with E-state index in [1.54, 1.807) is 0 Å². The summed E-state index contributed by atoms with van der Waals surface area (Å²) in [6.45, 7) is 11.1. The van der Waals surface area contributed by atoms with Crippen molar-refractivity contribution in [1.29, 1.82) is 0 Å². The van der Waals surface area contributed by atoms with Crippen LogP contribution in [-0.2, 0) is 11.2 Å². The summed E-state index contributed by atoms with van der Waals surface area (Å²) in [6, 6.07) is 0.257. The van der Waals surface area contributed by atoms with Crippen molar-refractivity contribution in [3.63, 3.8) is 0 Å². The van der Waals surface area contributed by atoms with E-state index in [1.165, 1.54) is 0 Å². The summed E-state index contributed by atoms with van der Waals surface area (Å²) in [4.78, 5) is 22.7. The maximum absolute atomic E-state index is 11.8. The summed E-state index contributed by atoms with van der Waals surface area (Å²) < 4.78 is 5.25. The van der Waals surface area contributed by atoms with E-state index in [0.717, 1.165) is 50.7 Å². The van der Waals surface area contributed by atoms with Gasteiger partial charge in [0.15, 0.2) is 11.8 Å². The van der Waals surface area contributed by atoms with Crippen LogP contribution in [-0.4, -0.2) is 59.1 Å². The first-order valence-corrected chi connectivity index (χ1v) is 9.68. The Bertz CT molecular complexity index is 604. The van der Waals surface area contributed by atoms with Crippen LogP contribution in [0.4, 0.5) is 0 Å². The van der Waals surface area contributed by atoms with E-state index in [4.69, 9.17) is 4.52 Å². The Balaban J connectivity index is 0.00000364. The normalized spacial score (nSPS) is 17.1. The predicted octanol–water partition coefficient (Wildman–Crippen LogP) is 2.31. The quantitative estimate of drug-likeness (QED) is 0.250. The van der Waals surface area contributed by atoms with Crippen molar-refractivity contribution >= 4 is 35.8 Å². The number of halogens is 1. The van der Waals surface area contributed by atoms with E-state index >= 15 is 0 Å². The average Bonchev–Trinajstić information content (AvgIpc) is 3.27. The molecule has 1 aliphatic heterocycles. The summed E-state index contributed by atoms with van der Waals surface area (Å²) >= 11 is 0. The number of amides is 1. The summed E-state index contributed by atoms with van der Waals surface area (Å²) in [5.74, 6) is 2.73. The Labute approximate surface area is 179 Å². The second-order valence-corrected chi connectivity index (χ2v) is 6.89. The molecule has 0 saturated carbocycles. The van der Waals surface area contributed by atoms with Gasteiger partial charge in [0.2, 0.25) is 11.8 Å². The molecule has 2 N–H and O–H groups in total. The van der Waals surface area contributed by atoms with E-state index in [0.29, 0.717) is 18.9 Å². The lowest BCUT2D eigenvalue weighted by Gasteiger charge is -2.18. The number of aromatic nitrogens is 2. The maximum Gasteiger partial charge on any atom is 0.226 e. The number of rotatable bonds is 8. The molecule has 2 heterocycles. The Morgan fingerprint density at radius 1 is 1.41 bits per heavy atom. The molecule has 0 spiro atoms. The first-order valence-electron chi connectivity index (χ1n) is 9.68. The average molecular weight is 492 g/mol. The van der Waals surface area contributed by atoms with Gasteiger partial charge in [-0.15, -0.1) is 24.0 Å². The Morgan fingerprint density at radius 3 is 2.81 bits per heavy atom. The molecule has 27 heavy (non-hydrogen) atoms. The molecule has 0 aliphatic carbocycles. The highest BCUT2D eigenvalue weighted by molar-refractivity contribution is 14.0. The Kier molecular flexibility index (Phi) is 10.6. The van der Waals surface area contributed by atoms with Crippen LogP contribution in [0.15, 0.2) is 9.52 Å². The third kappa shape index (κ3) is 7.63. The first kappa shape index (κ1) is 23.6. The lowest BCUT2D eigenvalue weighted by Crippen LogP contribution is -2.45. The van der Waals surface area contributed by atoms with Crippen LogP contribution in [0.2, 0.25) is 0 Å². The van der Waals surface area contributed by atoms with Gasteiger partial charge in [-0.3, -0.25) is 9.79 Å². The second-order valence-electron chi connectivity index (χ2n) is 6.89. The van der Waals surface area contributed by atoms with Crippen molar-refractivity contribution in [2.75, 3.05) is 26.2 Å². The third-order valence-electron chi connectivity index (χ3n) is 4.35. The molecule has 1 fully saturated rings. The van der Waals surface area contributed by atoms with Crippen LogP contribution in [0, 0.1) is 0 Å². The SMILES string of the molecule is CCNC(=NCCCc1nc(C(C)C)no1)NC1CCN(C(=O)CC)C1.I. The zero-order valence-corrected chi connectivity index (χ0v) is 19.2. The smallest absolute Gasteiger partial charge is 0.226 e. The molecule has 154 valence electrons. The zero-order valence-electron chi connectivity index (χ0n) is 16.8. The van der Waals surface area contributed by atoms with Crippen LogP contribution in [0.3, 0.4) is 0 Å². The molecular formula is C18H33IN6O2. The number of likely N-dealkylation sites (tertiary alicyclic amines) is 1. The molecule has 1 aromatic heterocycles. The van der Waals surface area contributed by atoms with Crippen molar-refractivity contribution in [3.05, 3.63) is 11.7 Å². The number of nitrogens with zero attached hydrogens (tertiary/aromatic N) is 4. The molecule has 0 bridgehead atoms. The fraction of sp³-hybridized carbons (Fsp3) is 0.778. The van der Waals surface area contributed by atoms with Crippen LogP contribution in [0.5, 0.6) is 0 Å². The van der Waals surface area contributed by atoms with Gasteiger partial charge in [-0.2, -0.15) is 4.98 Å². The van der Waals surface area contributed by atoms with Gasteiger partial charge in [-0.05, 0) is 19.8 Å². The number of hydrogen-bond donors (Lipinski definition) is 2. The maximum atomic E-state index is 11.8. The number of carbonyl (C=O) groups excluding carboxylic acids is 1. The van der Waals surface area contributed by atoms with Gasteiger partial charge in [0, 0.05) is 51.0 Å². The lowest BCUT2D eigenvalue weighted by molar-refractivity contribution is -0.129. The Hall–Kier alpha value is -1.39. The van der Waals surface area contributed by atoms with Crippen LogP contribution < -0.4 is 10.6 Å². The van der Waals surface area contributed by atoms with E-state index in [2.05, 4.69) is 25.8 Å². The number of guanidine groups is 1. The predicted molar refractivity (Wildman–Crippen MR) is 117 cm³/mol. The largest absolute Gasteiger partial charge is 0.357 e. The van der Waals surface area contributed by atoms with Crippen LogP contribution in [0.25, 0.3) is 0 Å². The minimum Gasteiger partial charge on any atom is -0.357 e. The van der Waals surface area contributed by atoms with Crippen molar-refractivity contribution in [3.8, 4) is 0 Å².